The first-order chi connectivity index (χ1) is 11.6. The molecule has 2 aliphatic heterocycles. The second-order valence-corrected chi connectivity index (χ2v) is 6.49. The molecule has 7 heteroatoms. The Morgan fingerprint density at radius 2 is 2.04 bits per heavy atom. The number of ether oxygens (including phenoxy) is 1. The molecule has 1 aromatic carbocycles. The van der Waals surface area contributed by atoms with Crippen molar-refractivity contribution in [3.8, 4) is 6.07 Å². The van der Waals surface area contributed by atoms with Crippen LogP contribution in [0.25, 0.3) is 0 Å². The molecule has 2 heterocycles. The number of piperazine rings is 1. The second-order valence-electron chi connectivity index (χ2n) is 6.06. The van der Waals surface area contributed by atoms with Gasteiger partial charge in [0.1, 0.15) is 12.0 Å². The molecule has 1 aromatic rings. The second kappa shape index (κ2) is 6.80. The molecule has 2 saturated heterocycles. The summed E-state index contributed by atoms with van der Waals surface area (Å²) >= 11 is 5.98. The molecule has 0 aliphatic carbocycles. The quantitative estimate of drug-likeness (QED) is 0.818. The number of halogens is 1. The van der Waals surface area contributed by atoms with Gasteiger partial charge in [-0.2, -0.15) is 5.26 Å². The molecule has 24 heavy (non-hydrogen) atoms. The predicted molar refractivity (Wildman–Crippen MR) is 88.5 cm³/mol. The van der Waals surface area contributed by atoms with E-state index < -0.39 is 5.41 Å². The highest BCUT2D eigenvalue weighted by Gasteiger charge is 2.44. The number of carbonyl (C=O) groups is 2. The van der Waals surface area contributed by atoms with Crippen LogP contribution >= 0.6 is 11.6 Å². The summed E-state index contributed by atoms with van der Waals surface area (Å²) in [5.74, 6) is -0.426. The van der Waals surface area contributed by atoms with E-state index >= 15 is 0 Å². The summed E-state index contributed by atoms with van der Waals surface area (Å²) in [6.07, 6.45) is 0.760. The highest BCUT2D eigenvalue weighted by Crippen LogP contribution is 2.33. The van der Waals surface area contributed by atoms with Crippen LogP contribution in [0.15, 0.2) is 24.3 Å². The van der Waals surface area contributed by atoms with Gasteiger partial charge in [-0.05, 0) is 31.0 Å². The van der Waals surface area contributed by atoms with Crippen LogP contribution in [0.3, 0.4) is 0 Å². The summed E-state index contributed by atoms with van der Waals surface area (Å²) in [7, 11) is 0. The average molecular weight is 348 g/mol. The smallest absolute Gasteiger partial charge is 0.246 e. The molecule has 2 aliphatic rings. The third kappa shape index (κ3) is 3.10. The molecule has 6 nitrogen and oxygen atoms in total. The summed E-state index contributed by atoms with van der Waals surface area (Å²) in [5.41, 5.74) is -0.336. The zero-order valence-corrected chi connectivity index (χ0v) is 14.0. The third-order valence-corrected chi connectivity index (χ3v) is 4.83. The van der Waals surface area contributed by atoms with Crippen molar-refractivity contribution in [3.63, 3.8) is 0 Å². The molecule has 0 atom stereocenters. The van der Waals surface area contributed by atoms with Gasteiger partial charge in [0.05, 0.1) is 6.07 Å². The molecular weight excluding hydrogens is 330 g/mol. The van der Waals surface area contributed by atoms with E-state index in [2.05, 4.69) is 6.07 Å². The maximum Gasteiger partial charge on any atom is 0.246 e. The minimum Gasteiger partial charge on any atom is -0.381 e. The van der Waals surface area contributed by atoms with Gasteiger partial charge >= 0.3 is 0 Å². The van der Waals surface area contributed by atoms with Crippen LogP contribution in [0.2, 0.25) is 5.02 Å². The maximum atomic E-state index is 12.8. The monoisotopic (exact) mass is 347 g/mol. The first-order valence-electron chi connectivity index (χ1n) is 7.90. The van der Waals surface area contributed by atoms with Gasteiger partial charge in [0, 0.05) is 37.0 Å². The molecule has 3 rings (SSSR count). The molecule has 2 fully saturated rings. The molecule has 126 valence electrons. The molecule has 2 amide bonds. The molecule has 0 aromatic heterocycles. The van der Waals surface area contributed by atoms with Crippen LogP contribution in [-0.2, 0) is 14.3 Å². The molecule has 0 bridgehead atoms. The number of nitrogens with zero attached hydrogens (tertiary/aromatic N) is 3. The normalized spacial score (nSPS) is 20.6. The van der Waals surface area contributed by atoms with E-state index in [4.69, 9.17) is 16.3 Å². The Morgan fingerprint density at radius 3 is 2.67 bits per heavy atom. The first kappa shape index (κ1) is 16.7. The van der Waals surface area contributed by atoms with E-state index in [9.17, 15) is 14.9 Å². The minimum absolute atomic E-state index is 0.0182. The summed E-state index contributed by atoms with van der Waals surface area (Å²) in [6.45, 7) is 1.57. The van der Waals surface area contributed by atoms with Gasteiger partial charge in [-0.3, -0.25) is 9.59 Å². The zero-order valence-electron chi connectivity index (χ0n) is 13.2. The molecule has 0 unspecified atom stereocenters. The lowest BCUT2D eigenvalue weighted by Crippen LogP contribution is -2.56. The minimum atomic E-state index is -1.06. The summed E-state index contributed by atoms with van der Waals surface area (Å²) in [5, 5.41) is 10.1. The van der Waals surface area contributed by atoms with Gasteiger partial charge in [-0.25, -0.2) is 0 Å². The molecular formula is C17H18ClN3O3. The average Bonchev–Trinajstić information content (AvgIpc) is 2.61. The topological polar surface area (TPSA) is 73.6 Å². The van der Waals surface area contributed by atoms with Crippen LogP contribution in [0, 0.1) is 16.7 Å². The highest BCUT2D eigenvalue weighted by molar-refractivity contribution is 6.30. The predicted octanol–water partition coefficient (Wildman–Crippen LogP) is 1.84. The summed E-state index contributed by atoms with van der Waals surface area (Å²) in [6, 6.07) is 9.24. The fourth-order valence-electron chi connectivity index (χ4n) is 3.16. The Kier molecular flexibility index (Phi) is 4.74. The van der Waals surface area contributed by atoms with Crippen LogP contribution < -0.4 is 4.90 Å². The van der Waals surface area contributed by atoms with Gasteiger partial charge in [-0.15, -0.1) is 0 Å². The number of hydrogen-bond donors (Lipinski definition) is 0. The lowest BCUT2D eigenvalue weighted by atomic mass is 9.80. The Labute approximate surface area is 145 Å². The lowest BCUT2D eigenvalue weighted by Gasteiger charge is -2.39. The molecule has 0 N–H and O–H groups in total. The summed E-state index contributed by atoms with van der Waals surface area (Å²) < 4.78 is 5.26. The van der Waals surface area contributed by atoms with Gasteiger partial charge < -0.3 is 14.5 Å². The fraction of sp³-hybridized carbons (Fsp3) is 0.471. The zero-order chi connectivity index (χ0) is 17.2. The third-order valence-electron chi connectivity index (χ3n) is 4.60. The van der Waals surface area contributed by atoms with Crippen molar-refractivity contribution in [1.82, 2.24) is 4.90 Å². The maximum absolute atomic E-state index is 12.8. The van der Waals surface area contributed by atoms with Gasteiger partial charge in [0.2, 0.25) is 11.8 Å². The fourth-order valence-corrected chi connectivity index (χ4v) is 3.34. The Bertz CT molecular complexity index is 695. The number of nitriles is 1. The Morgan fingerprint density at radius 1 is 1.29 bits per heavy atom. The number of carbonyl (C=O) groups excluding carboxylic acids is 2. The SMILES string of the molecule is N#CC1(C(=O)N2CCN(c3cccc(Cl)c3)C(=O)C2)CCOCC1. The van der Waals surface area contributed by atoms with Gasteiger partial charge in [0.25, 0.3) is 0 Å². The first-order valence-corrected chi connectivity index (χ1v) is 8.28. The van der Waals surface area contributed by atoms with Crippen molar-refractivity contribution in [1.29, 1.82) is 5.26 Å². The Hall–Kier alpha value is -2.10. The van der Waals surface area contributed by atoms with Crippen molar-refractivity contribution in [3.05, 3.63) is 29.3 Å². The van der Waals surface area contributed by atoms with Crippen LogP contribution in [0.1, 0.15) is 12.8 Å². The van der Waals surface area contributed by atoms with E-state index in [-0.39, 0.29) is 18.4 Å². The van der Waals surface area contributed by atoms with Crippen LogP contribution in [0.5, 0.6) is 0 Å². The largest absolute Gasteiger partial charge is 0.381 e. The van der Waals surface area contributed by atoms with Crippen molar-refractivity contribution >= 4 is 29.1 Å². The van der Waals surface area contributed by atoms with E-state index in [0.29, 0.717) is 44.2 Å². The number of benzene rings is 1. The van der Waals surface area contributed by atoms with E-state index in [1.165, 1.54) is 4.90 Å². The van der Waals surface area contributed by atoms with Crippen molar-refractivity contribution < 1.29 is 14.3 Å². The van der Waals surface area contributed by atoms with Crippen LogP contribution in [-0.4, -0.2) is 49.6 Å². The Balaban J connectivity index is 1.72. The number of amides is 2. The van der Waals surface area contributed by atoms with Gasteiger partial charge in [0.15, 0.2) is 0 Å². The summed E-state index contributed by atoms with van der Waals surface area (Å²) in [4.78, 5) is 28.4. The van der Waals surface area contributed by atoms with Crippen molar-refractivity contribution in [2.75, 3.05) is 37.7 Å². The number of hydrogen-bond acceptors (Lipinski definition) is 4. The van der Waals surface area contributed by atoms with E-state index in [0.717, 1.165) is 5.69 Å². The molecule has 0 saturated carbocycles. The molecule has 0 spiro atoms. The lowest BCUT2D eigenvalue weighted by molar-refractivity contribution is -0.146. The van der Waals surface area contributed by atoms with Crippen molar-refractivity contribution in [2.24, 2.45) is 5.41 Å². The number of anilines is 1. The van der Waals surface area contributed by atoms with Gasteiger partial charge in [-0.1, -0.05) is 17.7 Å². The van der Waals surface area contributed by atoms with E-state index in [1.807, 2.05) is 6.07 Å². The van der Waals surface area contributed by atoms with E-state index in [1.54, 1.807) is 23.1 Å². The highest BCUT2D eigenvalue weighted by atomic mass is 35.5. The standard InChI is InChI=1S/C17H18ClN3O3/c18-13-2-1-3-14(10-13)21-7-6-20(11-15(21)22)16(23)17(12-19)4-8-24-9-5-17/h1-3,10H,4-9,11H2. The number of rotatable bonds is 2. The molecule has 0 radical (unpaired) electrons. The van der Waals surface area contributed by atoms with Crippen molar-refractivity contribution in [2.45, 2.75) is 12.8 Å². The van der Waals surface area contributed by atoms with Crippen LogP contribution in [0.4, 0.5) is 5.69 Å².